The van der Waals surface area contributed by atoms with E-state index in [-0.39, 0.29) is 5.41 Å². The normalized spacial score (nSPS) is 17.4. The van der Waals surface area contributed by atoms with Crippen molar-refractivity contribution in [1.29, 1.82) is 0 Å². The van der Waals surface area contributed by atoms with Gasteiger partial charge in [-0.1, -0.05) is 133 Å². The molecular formula is C59H41NO. The summed E-state index contributed by atoms with van der Waals surface area (Å²) in [5.74, 6) is 0. The molecule has 1 aromatic heterocycles. The second-order valence-electron chi connectivity index (χ2n) is 17.0. The van der Waals surface area contributed by atoms with Gasteiger partial charge in [-0.25, -0.2) is 0 Å². The summed E-state index contributed by atoms with van der Waals surface area (Å²) < 4.78 is 6.17. The molecule has 1 atom stereocenters. The third-order valence-electron chi connectivity index (χ3n) is 13.9. The van der Waals surface area contributed by atoms with Crippen molar-refractivity contribution in [3.63, 3.8) is 0 Å². The number of allylic oxidation sites excluding steroid dienone is 8. The number of rotatable bonds is 5. The monoisotopic (exact) mass is 779 g/mol. The van der Waals surface area contributed by atoms with E-state index in [1.807, 2.05) is 12.1 Å². The lowest BCUT2D eigenvalue weighted by molar-refractivity contribution is 0.662. The molecule has 8 aromatic carbocycles. The average Bonchev–Trinajstić information content (AvgIpc) is 3.95. The smallest absolute Gasteiger partial charge is 0.135 e. The first-order chi connectivity index (χ1) is 30.2. The van der Waals surface area contributed by atoms with Crippen molar-refractivity contribution >= 4 is 60.9 Å². The van der Waals surface area contributed by atoms with Crippen LogP contribution in [-0.2, 0) is 5.41 Å². The molecule has 4 aliphatic rings. The Morgan fingerprint density at radius 1 is 0.410 bits per heavy atom. The van der Waals surface area contributed by atoms with Crippen LogP contribution in [0.15, 0.2) is 216 Å². The zero-order chi connectivity index (χ0) is 40.1. The molecule has 1 unspecified atom stereocenters. The highest BCUT2D eigenvalue weighted by Gasteiger charge is 2.53. The van der Waals surface area contributed by atoms with Crippen LogP contribution in [0.3, 0.4) is 0 Å². The van der Waals surface area contributed by atoms with E-state index >= 15 is 0 Å². The Bertz CT molecular complexity index is 3390. The molecule has 0 N–H and O–H groups in total. The van der Waals surface area contributed by atoms with Gasteiger partial charge < -0.3 is 9.32 Å². The van der Waals surface area contributed by atoms with E-state index in [1.54, 1.807) is 11.1 Å². The van der Waals surface area contributed by atoms with Crippen molar-refractivity contribution in [3.05, 3.63) is 234 Å². The molecule has 2 nitrogen and oxygen atoms in total. The number of hydrogen-bond acceptors (Lipinski definition) is 2. The van der Waals surface area contributed by atoms with Crippen LogP contribution in [0, 0.1) is 0 Å². The van der Waals surface area contributed by atoms with Crippen molar-refractivity contribution in [2.24, 2.45) is 0 Å². The average molecular weight is 780 g/mol. The summed E-state index contributed by atoms with van der Waals surface area (Å²) in [4.78, 5) is 2.46. The summed E-state index contributed by atoms with van der Waals surface area (Å²) >= 11 is 0. The fraction of sp³-hybridized carbons (Fsp3) is 0.0847. The van der Waals surface area contributed by atoms with E-state index < -0.39 is 0 Å². The van der Waals surface area contributed by atoms with E-state index in [4.69, 9.17) is 4.42 Å². The Morgan fingerprint density at radius 2 is 0.967 bits per heavy atom. The predicted octanol–water partition coefficient (Wildman–Crippen LogP) is 16.1. The number of nitrogens with zero attached hydrogens (tertiary/aromatic N) is 1. The molecule has 0 amide bonds. The lowest BCUT2D eigenvalue weighted by Gasteiger charge is -2.37. The van der Waals surface area contributed by atoms with Crippen molar-refractivity contribution in [3.8, 4) is 22.3 Å². The first-order valence-corrected chi connectivity index (χ1v) is 21.7. The van der Waals surface area contributed by atoms with Crippen LogP contribution in [0.1, 0.15) is 47.9 Å². The zero-order valence-electron chi connectivity index (χ0n) is 33.7. The van der Waals surface area contributed by atoms with Crippen LogP contribution < -0.4 is 4.90 Å². The molecule has 9 aromatic rings. The Hall–Kier alpha value is -7.42. The Balaban J connectivity index is 0.993. The summed E-state index contributed by atoms with van der Waals surface area (Å²) in [6, 6.07) is 65.0. The highest BCUT2D eigenvalue weighted by molar-refractivity contribution is 6.06. The number of fused-ring (bicyclic) bond motifs is 12. The van der Waals surface area contributed by atoms with Gasteiger partial charge in [0.15, 0.2) is 0 Å². The summed E-state index contributed by atoms with van der Waals surface area (Å²) in [5, 5.41) is 4.90. The first kappa shape index (κ1) is 34.4. The van der Waals surface area contributed by atoms with Gasteiger partial charge in [0.05, 0.1) is 5.41 Å². The lowest BCUT2D eigenvalue weighted by atomic mass is 9.65. The highest BCUT2D eigenvalue weighted by atomic mass is 16.3. The minimum atomic E-state index is -0.298. The maximum Gasteiger partial charge on any atom is 0.135 e. The number of para-hydroxylation sites is 1. The molecule has 1 heterocycles. The predicted molar refractivity (Wildman–Crippen MR) is 255 cm³/mol. The fourth-order valence-corrected chi connectivity index (χ4v) is 11.2. The van der Waals surface area contributed by atoms with E-state index in [0.717, 1.165) is 64.7 Å². The topological polar surface area (TPSA) is 16.4 Å². The molecule has 61 heavy (non-hydrogen) atoms. The maximum atomic E-state index is 6.17. The number of furan rings is 1. The van der Waals surface area contributed by atoms with Crippen LogP contribution in [-0.4, -0.2) is 0 Å². The SMILES string of the molecule is C1=CC2=C(CC1)C1(C3=C(C=CCC3)c3cc4ccccc4cc31)c1cc(N(c3ccc(-c4ccccc4)cc3)c3ccc(-c4ccc5oc6ccccc6c5c4)cc3)ccc12. The van der Waals surface area contributed by atoms with E-state index in [9.17, 15) is 0 Å². The van der Waals surface area contributed by atoms with Crippen LogP contribution in [0.2, 0.25) is 0 Å². The van der Waals surface area contributed by atoms with E-state index in [0.29, 0.717) is 0 Å². The Kier molecular flexibility index (Phi) is 7.51. The number of hydrogen-bond donors (Lipinski definition) is 0. The van der Waals surface area contributed by atoms with Gasteiger partial charge in [-0.05, 0) is 170 Å². The molecule has 0 fully saturated rings. The molecule has 1 spiro atoms. The van der Waals surface area contributed by atoms with Crippen molar-refractivity contribution in [2.75, 3.05) is 4.90 Å². The van der Waals surface area contributed by atoms with Crippen molar-refractivity contribution in [1.82, 2.24) is 0 Å². The van der Waals surface area contributed by atoms with Gasteiger partial charge in [-0.2, -0.15) is 0 Å². The van der Waals surface area contributed by atoms with Crippen LogP contribution in [0.5, 0.6) is 0 Å². The zero-order valence-corrected chi connectivity index (χ0v) is 33.7. The first-order valence-electron chi connectivity index (χ1n) is 21.7. The summed E-state index contributed by atoms with van der Waals surface area (Å²) in [5.41, 5.74) is 21.3. The quantitative estimate of drug-likeness (QED) is 0.173. The minimum Gasteiger partial charge on any atom is -0.456 e. The molecule has 0 saturated heterocycles. The van der Waals surface area contributed by atoms with Gasteiger partial charge in [0, 0.05) is 27.8 Å². The Morgan fingerprint density at radius 3 is 1.70 bits per heavy atom. The minimum absolute atomic E-state index is 0.298. The van der Waals surface area contributed by atoms with Gasteiger partial charge in [0.25, 0.3) is 0 Å². The van der Waals surface area contributed by atoms with Crippen LogP contribution >= 0.6 is 0 Å². The van der Waals surface area contributed by atoms with Crippen LogP contribution in [0.4, 0.5) is 17.1 Å². The molecule has 4 aliphatic carbocycles. The lowest BCUT2D eigenvalue weighted by Crippen LogP contribution is -2.30. The number of anilines is 3. The molecule has 0 saturated carbocycles. The molecule has 0 aliphatic heterocycles. The standard InChI is InChI=1S/C59H41NO/c1-2-12-38(13-3-1)39-22-27-44(28-23-39)60(45-29-24-40(25-30-45)43-26-33-58-52(35-43)50-18-8-11-21-57(50)61-58)46-31-32-49-47-16-6-9-19-53(47)59(56(49)37-46)54-20-10-7-17-48(54)51-34-41-14-4-5-15-42(41)36-55(51)59/h1-8,11-18,21-37H,9-10,19-20H2. The summed E-state index contributed by atoms with van der Waals surface area (Å²) in [6.45, 7) is 0. The van der Waals surface area contributed by atoms with E-state index in [2.05, 4.69) is 193 Å². The van der Waals surface area contributed by atoms with Gasteiger partial charge in [0.1, 0.15) is 11.2 Å². The largest absolute Gasteiger partial charge is 0.456 e. The summed E-state index contributed by atoms with van der Waals surface area (Å²) in [7, 11) is 0. The number of benzene rings is 8. The maximum absolute atomic E-state index is 6.17. The third-order valence-corrected chi connectivity index (χ3v) is 13.9. The summed E-state index contributed by atoms with van der Waals surface area (Å²) in [6.07, 6.45) is 13.9. The Labute approximate surface area is 355 Å². The van der Waals surface area contributed by atoms with Gasteiger partial charge in [-0.3, -0.25) is 0 Å². The van der Waals surface area contributed by atoms with Gasteiger partial charge in [-0.15, -0.1) is 0 Å². The highest BCUT2D eigenvalue weighted by Crippen LogP contribution is 2.65. The molecule has 0 radical (unpaired) electrons. The third kappa shape index (κ3) is 5.09. The van der Waals surface area contributed by atoms with Crippen molar-refractivity contribution < 1.29 is 4.42 Å². The molecular weight excluding hydrogens is 739 g/mol. The van der Waals surface area contributed by atoms with Crippen LogP contribution in [0.25, 0.3) is 66.1 Å². The van der Waals surface area contributed by atoms with Crippen molar-refractivity contribution in [2.45, 2.75) is 31.1 Å². The van der Waals surface area contributed by atoms with E-state index in [1.165, 1.54) is 66.4 Å². The second kappa shape index (κ2) is 13.3. The molecule has 2 heteroatoms. The second-order valence-corrected chi connectivity index (χ2v) is 17.0. The molecule has 0 bridgehead atoms. The fourth-order valence-electron chi connectivity index (χ4n) is 11.2. The van der Waals surface area contributed by atoms with Gasteiger partial charge in [0.2, 0.25) is 0 Å². The van der Waals surface area contributed by atoms with Gasteiger partial charge >= 0.3 is 0 Å². The molecule has 13 rings (SSSR count). The molecule has 288 valence electrons.